The molecule has 154 valence electrons. The zero-order valence-electron chi connectivity index (χ0n) is 16.4. The fraction of sp³-hybridized carbons (Fsp3) is 0.667. The lowest BCUT2D eigenvalue weighted by Crippen LogP contribution is -2.51. The normalized spacial score (nSPS) is 17.7. The standard InChI is InChI=1S/C18H27N5O5/c1-19-14(13-17(26)20(2)18(19)27)21-5-7-22(8-6-21)15(24)3-4-16(25)23-9-11-28-12-10-23/h13H,3-12H2,1-2H3. The van der Waals surface area contributed by atoms with Gasteiger partial charge in [-0.3, -0.25) is 23.5 Å². The minimum atomic E-state index is -0.373. The average Bonchev–Trinajstić information content (AvgIpc) is 2.73. The molecule has 0 spiro atoms. The van der Waals surface area contributed by atoms with Crippen LogP contribution in [0.25, 0.3) is 0 Å². The number of anilines is 1. The summed E-state index contributed by atoms with van der Waals surface area (Å²) in [6.07, 6.45) is 0.406. The summed E-state index contributed by atoms with van der Waals surface area (Å²) in [4.78, 5) is 54.1. The Morgan fingerprint density at radius 1 is 0.857 bits per heavy atom. The van der Waals surface area contributed by atoms with Crippen LogP contribution in [0, 0.1) is 0 Å². The van der Waals surface area contributed by atoms with E-state index in [1.165, 1.54) is 17.7 Å². The molecule has 0 unspecified atom stereocenters. The van der Waals surface area contributed by atoms with Crippen LogP contribution in [0.1, 0.15) is 12.8 Å². The van der Waals surface area contributed by atoms with Crippen LogP contribution in [0.2, 0.25) is 0 Å². The number of nitrogens with zero attached hydrogens (tertiary/aromatic N) is 5. The van der Waals surface area contributed by atoms with Crippen LogP contribution in [-0.2, 0) is 28.4 Å². The molecule has 0 N–H and O–H groups in total. The maximum atomic E-state index is 12.5. The van der Waals surface area contributed by atoms with Crippen LogP contribution in [0.3, 0.4) is 0 Å². The van der Waals surface area contributed by atoms with Crippen molar-refractivity contribution < 1.29 is 14.3 Å². The predicted molar refractivity (Wildman–Crippen MR) is 102 cm³/mol. The van der Waals surface area contributed by atoms with Crippen molar-refractivity contribution in [1.82, 2.24) is 18.9 Å². The smallest absolute Gasteiger partial charge is 0.332 e. The molecule has 10 heteroatoms. The first-order valence-electron chi connectivity index (χ1n) is 9.54. The SMILES string of the molecule is Cn1c(N2CCN(C(=O)CCC(=O)N3CCOCC3)CC2)cc(=O)n(C)c1=O. The molecule has 3 heterocycles. The molecular formula is C18H27N5O5. The van der Waals surface area contributed by atoms with E-state index in [9.17, 15) is 19.2 Å². The third-order valence-corrected chi connectivity index (χ3v) is 5.37. The van der Waals surface area contributed by atoms with E-state index < -0.39 is 0 Å². The predicted octanol–water partition coefficient (Wildman–Crippen LogP) is -1.63. The molecule has 0 bridgehead atoms. The molecule has 10 nitrogen and oxygen atoms in total. The average molecular weight is 393 g/mol. The molecule has 0 aliphatic carbocycles. The van der Waals surface area contributed by atoms with Crippen LogP contribution in [-0.4, -0.2) is 83.2 Å². The third kappa shape index (κ3) is 4.27. The molecular weight excluding hydrogens is 366 g/mol. The van der Waals surface area contributed by atoms with E-state index in [4.69, 9.17) is 4.74 Å². The minimum Gasteiger partial charge on any atom is -0.378 e. The van der Waals surface area contributed by atoms with Crippen molar-refractivity contribution in [3.63, 3.8) is 0 Å². The van der Waals surface area contributed by atoms with Gasteiger partial charge in [0.1, 0.15) is 5.82 Å². The summed E-state index contributed by atoms with van der Waals surface area (Å²) in [5.74, 6) is 0.507. The molecule has 2 fully saturated rings. The second-order valence-electron chi connectivity index (χ2n) is 7.10. The number of piperazine rings is 1. The number of rotatable bonds is 4. The summed E-state index contributed by atoms with van der Waals surface area (Å²) in [5.41, 5.74) is -0.721. The van der Waals surface area contributed by atoms with Gasteiger partial charge in [0.2, 0.25) is 11.8 Å². The highest BCUT2D eigenvalue weighted by Gasteiger charge is 2.24. The quantitative estimate of drug-likeness (QED) is 0.610. The van der Waals surface area contributed by atoms with Crippen molar-refractivity contribution in [3.05, 3.63) is 26.9 Å². The van der Waals surface area contributed by atoms with Crippen molar-refractivity contribution in [2.24, 2.45) is 14.1 Å². The maximum Gasteiger partial charge on any atom is 0.332 e. The highest BCUT2D eigenvalue weighted by molar-refractivity contribution is 5.84. The Kier molecular flexibility index (Phi) is 6.18. The molecule has 0 saturated carbocycles. The number of morpholine rings is 1. The van der Waals surface area contributed by atoms with Gasteiger partial charge in [-0.1, -0.05) is 0 Å². The second kappa shape index (κ2) is 8.59. The highest BCUT2D eigenvalue weighted by atomic mass is 16.5. The summed E-state index contributed by atoms with van der Waals surface area (Å²) in [6.45, 7) is 4.32. The van der Waals surface area contributed by atoms with Crippen molar-refractivity contribution in [3.8, 4) is 0 Å². The van der Waals surface area contributed by atoms with E-state index in [-0.39, 0.29) is 35.9 Å². The summed E-state index contributed by atoms with van der Waals surface area (Å²) in [5, 5.41) is 0. The number of ether oxygens (including phenoxy) is 1. The van der Waals surface area contributed by atoms with E-state index in [1.807, 2.05) is 4.90 Å². The van der Waals surface area contributed by atoms with Crippen LogP contribution < -0.4 is 16.1 Å². The Morgan fingerprint density at radius 3 is 1.96 bits per heavy atom. The molecule has 2 aliphatic heterocycles. The Balaban J connectivity index is 1.52. The van der Waals surface area contributed by atoms with E-state index >= 15 is 0 Å². The van der Waals surface area contributed by atoms with Gasteiger partial charge in [0.15, 0.2) is 0 Å². The van der Waals surface area contributed by atoms with E-state index in [0.29, 0.717) is 58.3 Å². The van der Waals surface area contributed by atoms with Crippen molar-refractivity contribution in [1.29, 1.82) is 0 Å². The van der Waals surface area contributed by atoms with Gasteiger partial charge in [0.25, 0.3) is 5.56 Å². The lowest BCUT2D eigenvalue weighted by molar-refractivity contribution is -0.139. The summed E-state index contributed by atoms with van der Waals surface area (Å²) in [6, 6.07) is 1.44. The number of carbonyl (C=O) groups excluding carboxylic acids is 2. The van der Waals surface area contributed by atoms with Crippen LogP contribution in [0.15, 0.2) is 15.7 Å². The number of aromatic nitrogens is 2. The molecule has 2 aliphatic rings. The molecule has 0 atom stereocenters. The molecule has 28 heavy (non-hydrogen) atoms. The monoisotopic (exact) mass is 393 g/mol. The van der Waals surface area contributed by atoms with E-state index in [2.05, 4.69) is 0 Å². The van der Waals surface area contributed by atoms with Crippen LogP contribution >= 0.6 is 0 Å². The highest BCUT2D eigenvalue weighted by Crippen LogP contribution is 2.13. The number of hydrogen-bond acceptors (Lipinski definition) is 6. The largest absolute Gasteiger partial charge is 0.378 e. The summed E-state index contributed by atoms with van der Waals surface area (Å²) >= 11 is 0. The minimum absolute atomic E-state index is 0.00887. The van der Waals surface area contributed by atoms with Gasteiger partial charge in [-0.2, -0.15) is 0 Å². The number of carbonyl (C=O) groups is 2. The fourth-order valence-corrected chi connectivity index (χ4v) is 3.55. The van der Waals surface area contributed by atoms with Gasteiger partial charge in [-0.15, -0.1) is 0 Å². The topological polar surface area (TPSA) is 97.1 Å². The summed E-state index contributed by atoms with van der Waals surface area (Å²) < 4.78 is 7.74. The molecule has 1 aromatic heterocycles. The van der Waals surface area contributed by atoms with E-state index in [1.54, 1.807) is 16.8 Å². The van der Waals surface area contributed by atoms with Crippen molar-refractivity contribution in [2.45, 2.75) is 12.8 Å². The molecule has 0 aromatic carbocycles. The van der Waals surface area contributed by atoms with Crippen molar-refractivity contribution in [2.75, 3.05) is 57.4 Å². The number of hydrogen-bond donors (Lipinski definition) is 0. The van der Waals surface area contributed by atoms with Gasteiger partial charge >= 0.3 is 5.69 Å². The van der Waals surface area contributed by atoms with Gasteiger partial charge in [-0.25, -0.2) is 4.79 Å². The van der Waals surface area contributed by atoms with Crippen molar-refractivity contribution >= 4 is 17.6 Å². The third-order valence-electron chi connectivity index (χ3n) is 5.37. The molecule has 0 radical (unpaired) electrons. The van der Waals surface area contributed by atoms with Crippen LogP contribution in [0.4, 0.5) is 5.82 Å². The molecule has 2 amide bonds. The Labute approximate surface area is 162 Å². The van der Waals surface area contributed by atoms with Gasteiger partial charge in [0, 0.05) is 72.3 Å². The zero-order chi connectivity index (χ0) is 20.3. The summed E-state index contributed by atoms with van der Waals surface area (Å²) in [7, 11) is 3.08. The first-order valence-corrected chi connectivity index (χ1v) is 9.54. The van der Waals surface area contributed by atoms with Gasteiger partial charge in [0.05, 0.1) is 13.2 Å². The second-order valence-corrected chi connectivity index (χ2v) is 7.10. The molecule has 1 aromatic rings. The zero-order valence-corrected chi connectivity index (χ0v) is 16.4. The van der Waals surface area contributed by atoms with Gasteiger partial charge in [-0.05, 0) is 0 Å². The Hall–Kier alpha value is -2.62. The Morgan fingerprint density at radius 2 is 1.39 bits per heavy atom. The lowest BCUT2D eigenvalue weighted by atomic mass is 10.2. The lowest BCUT2D eigenvalue weighted by Gasteiger charge is -2.36. The molecule has 2 saturated heterocycles. The van der Waals surface area contributed by atoms with Crippen LogP contribution in [0.5, 0.6) is 0 Å². The fourth-order valence-electron chi connectivity index (χ4n) is 3.55. The first kappa shape index (κ1) is 20.1. The van der Waals surface area contributed by atoms with E-state index in [0.717, 1.165) is 4.57 Å². The molecule has 3 rings (SSSR count). The number of amides is 2. The van der Waals surface area contributed by atoms with Gasteiger partial charge < -0.3 is 19.4 Å². The maximum absolute atomic E-state index is 12.5. The first-order chi connectivity index (χ1) is 13.4. The Bertz CT molecular complexity index is 847.